The van der Waals surface area contributed by atoms with Crippen LogP contribution in [0.25, 0.3) is 0 Å². The zero-order valence-corrected chi connectivity index (χ0v) is 13.6. The summed E-state index contributed by atoms with van der Waals surface area (Å²) < 4.78 is 3.02. The number of nitrogens with zero attached hydrogens (tertiary/aromatic N) is 1. The molecule has 3 rings (SSSR count). The van der Waals surface area contributed by atoms with Crippen molar-refractivity contribution in [1.82, 2.24) is 9.88 Å². The van der Waals surface area contributed by atoms with E-state index in [1.165, 1.54) is 0 Å². The van der Waals surface area contributed by atoms with Crippen LogP contribution in [-0.4, -0.2) is 10.5 Å². The summed E-state index contributed by atoms with van der Waals surface area (Å²) in [6.45, 7) is 6.80. The first-order chi connectivity index (χ1) is 9.58. The van der Waals surface area contributed by atoms with Crippen molar-refractivity contribution in [3.63, 3.8) is 0 Å². The molecule has 1 aliphatic rings. The zero-order valence-electron chi connectivity index (χ0n) is 12.0. The van der Waals surface area contributed by atoms with E-state index in [9.17, 15) is 4.79 Å². The van der Waals surface area contributed by atoms with Gasteiger partial charge in [0.05, 0.1) is 5.54 Å². The number of carbonyl (C=O) groups is 1. The third-order valence-corrected chi connectivity index (χ3v) is 3.89. The normalized spacial score (nSPS) is 20.5. The summed E-state index contributed by atoms with van der Waals surface area (Å²) >= 11 is 3.47. The zero-order chi connectivity index (χ0) is 14.8. The quantitative estimate of drug-likeness (QED) is 0.842. The molecule has 0 bridgehead atoms. The predicted octanol–water partition coefficient (Wildman–Crippen LogP) is 3.94. The lowest BCUT2D eigenvalue weighted by Gasteiger charge is -2.36. The summed E-state index contributed by atoms with van der Waals surface area (Å²) in [5.41, 5.74) is 1.46. The van der Waals surface area contributed by atoms with Crippen molar-refractivity contribution in [2.24, 2.45) is 0 Å². The minimum absolute atomic E-state index is 0.0197. The van der Waals surface area contributed by atoms with Crippen molar-refractivity contribution >= 4 is 21.8 Å². The lowest BCUT2D eigenvalue weighted by molar-refractivity contribution is 0.0848. The predicted molar refractivity (Wildman–Crippen MR) is 84.7 cm³/mol. The summed E-state index contributed by atoms with van der Waals surface area (Å²) in [6.07, 6.45) is 1.95. The highest BCUT2D eigenvalue weighted by atomic mass is 79.9. The molecule has 0 aliphatic carbocycles. The average Bonchev–Trinajstić information content (AvgIpc) is 2.89. The topological polar surface area (TPSA) is 34.0 Å². The number of nitrogens with one attached hydrogen (secondary N) is 1. The Bertz CT molecular complexity index is 620. The second-order valence-electron chi connectivity index (χ2n) is 4.82. The molecule has 1 N–H and O–H groups in total. The second-order valence-corrected chi connectivity index (χ2v) is 5.73. The van der Waals surface area contributed by atoms with Crippen molar-refractivity contribution in [2.45, 2.75) is 32.9 Å². The van der Waals surface area contributed by atoms with Crippen molar-refractivity contribution in [3.8, 4) is 0 Å². The Hall–Kier alpha value is -1.55. The molecule has 20 heavy (non-hydrogen) atoms. The van der Waals surface area contributed by atoms with E-state index < -0.39 is 0 Å². The van der Waals surface area contributed by atoms with Crippen LogP contribution in [0.5, 0.6) is 0 Å². The highest BCUT2D eigenvalue weighted by Crippen LogP contribution is 2.29. The first kappa shape index (κ1) is 14.9. The van der Waals surface area contributed by atoms with Gasteiger partial charge >= 0.3 is 0 Å². The van der Waals surface area contributed by atoms with Crippen LogP contribution in [0.15, 0.2) is 47.1 Å². The number of fused-ring (bicyclic) bond motifs is 1. The maximum Gasteiger partial charge on any atom is 0.268 e. The monoisotopic (exact) mass is 334 g/mol. The van der Waals surface area contributed by atoms with Crippen molar-refractivity contribution < 1.29 is 4.79 Å². The third-order valence-electron chi connectivity index (χ3n) is 3.40. The highest BCUT2D eigenvalue weighted by molar-refractivity contribution is 9.10. The van der Waals surface area contributed by atoms with Crippen molar-refractivity contribution in [2.75, 3.05) is 0 Å². The van der Waals surface area contributed by atoms with Gasteiger partial charge in [0.2, 0.25) is 0 Å². The van der Waals surface area contributed by atoms with E-state index in [4.69, 9.17) is 0 Å². The van der Waals surface area contributed by atoms with Gasteiger partial charge in [-0.1, -0.05) is 41.9 Å². The van der Waals surface area contributed by atoms with Gasteiger partial charge in [-0.2, -0.15) is 0 Å². The van der Waals surface area contributed by atoms with Crippen molar-refractivity contribution in [3.05, 3.63) is 58.3 Å². The van der Waals surface area contributed by atoms with E-state index in [1.807, 2.05) is 54.9 Å². The number of carbonyl (C=O) groups excluding carboxylic acids is 1. The molecule has 106 valence electrons. The Morgan fingerprint density at radius 2 is 2.00 bits per heavy atom. The molecule has 2 heterocycles. The Kier molecular flexibility index (Phi) is 4.33. The maximum atomic E-state index is 12.1. The standard InChI is InChI=1S/C14H13BrN2O.C2H6/c1-14(10-4-2-5-11(15)8-10)9-17-7-3-6-12(17)13(18)16-14;1-2/h2-8H,9H2,1H3,(H,16,18);1-2H3. The lowest BCUT2D eigenvalue weighted by atomic mass is 9.90. The van der Waals surface area contributed by atoms with Gasteiger partial charge in [0, 0.05) is 17.2 Å². The van der Waals surface area contributed by atoms with Crippen LogP contribution in [0.3, 0.4) is 0 Å². The Morgan fingerprint density at radius 1 is 1.25 bits per heavy atom. The van der Waals surface area contributed by atoms with E-state index in [-0.39, 0.29) is 11.4 Å². The van der Waals surface area contributed by atoms with Gasteiger partial charge in [0.15, 0.2) is 0 Å². The van der Waals surface area contributed by atoms with Gasteiger partial charge in [-0.15, -0.1) is 0 Å². The molecule has 0 radical (unpaired) electrons. The van der Waals surface area contributed by atoms with Gasteiger partial charge in [0.25, 0.3) is 5.91 Å². The summed E-state index contributed by atoms with van der Waals surface area (Å²) in [6, 6.07) is 11.8. The van der Waals surface area contributed by atoms with Crippen LogP contribution >= 0.6 is 15.9 Å². The number of hydrogen-bond acceptors (Lipinski definition) is 1. The number of benzene rings is 1. The average molecular weight is 335 g/mol. The number of aromatic nitrogens is 1. The molecule has 4 heteroatoms. The van der Waals surface area contributed by atoms with Gasteiger partial charge < -0.3 is 9.88 Å². The third kappa shape index (κ3) is 2.66. The largest absolute Gasteiger partial charge is 0.341 e. The summed E-state index contributed by atoms with van der Waals surface area (Å²) in [5, 5.41) is 3.10. The van der Waals surface area contributed by atoms with E-state index in [0.717, 1.165) is 22.3 Å². The molecule has 0 saturated carbocycles. The van der Waals surface area contributed by atoms with E-state index in [1.54, 1.807) is 0 Å². The van der Waals surface area contributed by atoms with Crippen molar-refractivity contribution in [1.29, 1.82) is 0 Å². The van der Waals surface area contributed by atoms with E-state index >= 15 is 0 Å². The second kappa shape index (κ2) is 5.83. The van der Waals surface area contributed by atoms with Crippen LogP contribution < -0.4 is 5.32 Å². The fourth-order valence-electron chi connectivity index (χ4n) is 2.45. The SMILES string of the molecule is CC.CC1(c2cccc(Br)c2)Cn2cccc2C(=O)N1. The molecule has 0 saturated heterocycles. The number of rotatable bonds is 1. The molecule has 0 fully saturated rings. The van der Waals surface area contributed by atoms with Crippen LogP contribution in [0, 0.1) is 0 Å². The molecule has 1 amide bonds. The summed E-state index contributed by atoms with van der Waals surface area (Å²) in [7, 11) is 0. The molecule has 0 spiro atoms. The summed E-state index contributed by atoms with van der Waals surface area (Å²) in [4.78, 5) is 12.1. The minimum atomic E-state index is -0.368. The smallest absolute Gasteiger partial charge is 0.268 e. The fraction of sp³-hybridized carbons (Fsp3) is 0.312. The van der Waals surface area contributed by atoms with Crippen LogP contribution in [0.4, 0.5) is 0 Å². The molecule has 1 aliphatic heterocycles. The van der Waals surface area contributed by atoms with Gasteiger partial charge in [-0.25, -0.2) is 0 Å². The minimum Gasteiger partial charge on any atom is -0.341 e. The Labute approximate surface area is 128 Å². The molecule has 2 aromatic rings. The molecule has 3 nitrogen and oxygen atoms in total. The van der Waals surface area contributed by atoms with Gasteiger partial charge in [-0.05, 0) is 36.8 Å². The van der Waals surface area contributed by atoms with Crippen LogP contribution in [-0.2, 0) is 12.1 Å². The van der Waals surface area contributed by atoms with Crippen LogP contribution in [0.2, 0.25) is 0 Å². The van der Waals surface area contributed by atoms with Gasteiger partial charge in [0.1, 0.15) is 5.69 Å². The summed E-state index contributed by atoms with van der Waals surface area (Å²) in [5.74, 6) is -0.0197. The number of amides is 1. The van der Waals surface area contributed by atoms with Crippen LogP contribution in [0.1, 0.15) is 36.8 Å². The van der Waals surface area contributed by atoms with E-state index in [2.05, 4.69) is 34.2 Å². The Balaban J connectivity index is 0.000000704. The molecule has 1 aromatic carbocycles. The highest BCUT2D eigenvalue weighted by Gasteiger charge is 2.35. The first-order valence-electron chi connectivity index (χ1n) is 6.82. The molecular weight excluding hydrogens is 316 g/mol. The molecular formula is C16H19BrN2O. The number of hydrogen-bond donors (Lipinski definition) is 1. The molecule has 1 aromatic heterocycles. The lowest BCUT2D eigenvalue weighted by Crippen LogP contribution is -2.51. The molecule has 1 unspecified atom stereocenters. The maximum absolute atomic E-state index is 12.1. The van der Waals surface area contributed by atoms with Gasteiger partial charge in [-0.3, -0.25) is 4.79 Å². The number of halogens is 1. The first-order valence-corrected chi connectivity index (χ1v) is 7.61. The van der Waals surface area contributed by atoms with E-state index in [0.29, 0.717) is 0 Å². The fourth-order valence-corrected chi connectivity index (χ4v) is 2.85. The Morgan fingerprint density at radius 3 is 2.70 bits per heavy atom. The molecule has 1 atom stereocenters.